The Hall–Kier alpha value is -1.22. The first kappa shape index (κ1) is 10.3. The fourth-order valence-corrected chi connectivity index (χ4v) is 1.65. The third-order valence-corrected chi connectivity index (χ3v) is 3.13. The predicted octanol–water partition coefficient (Wildman–Crippen LogP) is 2.76. The maximum absolute atomic E-state index is 5.32. The molecule has 0 unspecified atom stereocenters. The van der Waals surface area contributed by atoms with Gasteiger partial charge < -0.3 is 4.84 Å². The van der Waals surface area contributed by atoms with Crippen molar-refractivity contribution in [1.29, 1.82) is 0 Å². The minimum atomic E-state index is -0.417. The van der Waals surface area contributed by atoms with E-state index >= 15 is 0 Å². The second kappa shape index (κ2) is 3.74. The van der Waals surface area contributed by atoms with Crippen molar-refractivity contribution >= 4 is 22.8 Å². The third kappa shape index (κ3) is 2.07. The summed E-state index contributed by atoms with van der Waals surface area (Å²) in [7, 11) is 0. The van der Waals surface area contributed by atoms with E-state index in [1.54, 1.807) is 0 Å². The van der Waals surface area contributed by atoms with Crippen molar-refractivity contribution in [3.05, 3.63) is 35.9 Å². The van der Waals surface area contributed by atoms with E-state index in [4.69, 9.17) is 17.1 Å². The Bertz CT molecular complexity index is 409. The Labute approximate surface area is 94.9 Å². The summed E-state index contributed by atoms with van der Waals surface area (Å²) in [5.74, 6) is 0. The molecule has 2 rings (SSSR count). The van der Waals surface area contributed by atoms with Gasteiger partial charge in [-0.2, -0.15) is 0 Å². The van der Waals surface area contributed by atoms with Crippen LogP contribution in [0.3, 0.4) is 0 Å². The minimum Gasteiger partial charge on any atom is -0.384 e. The molecule has 0 aliphatic carbocycles. The summed E-state index contributed by atoms with van der Waals surface area (Å²) < 4.78 is 0. The number of benzene rings is 1. The zero-order valence-corrected chi connectivity index (χ0v) is 9.67. The average Bonchev–Trinajstić information content (AvgIpc) is 2.47. The molecular formula is C12H13NOS. The van der Waals surface area contributed by atoms with Gasteiger partial charge in [-0.3, -0.25) is 0 Å². The second-order valence-corrected chi connectivity index (χ2v) is 4.54. The standard InChI is InChI=1S/C12H13NOS/c1-12(2)11(15)10(13-14-12)8-9-6-4-3-5-7-9/h3-7H,8H2,1-2H3. The lowest BCUT2D eigenvalue weighted by molar-refractivity contribution is 0.0539. The van der Waals surface area contributed by atoms with Crippen LogP contribution in [0.1, 0.15) is 19.4 Å². The van der Waals surface area contributed by atoms with Crippen LogP contribution in [0.2, 0.25) is 0 Å². The fourth-order valence-electron chi connectivity index (χ4n) is 1.50. The molecule has 1 aromatic carbocycles. The molecule has 1 heterocycles. The maximum Gasteiger partial charge on any atom is 0.168 e. The second-order valence-electron chi connectivity index (χ2n) is 4.13. The van der Waals surface area contributed by atoms with E-state index in [1.165, 1.54) is 5.56 Å². The van der Waals surface area contributed by atoms with Crippen molar-refractivity contribution in [3.63, 3.8) is 0 Å². The zero-order chi connectivity index (χ0) is 10.9. The number of nitrogens with zero attached hydrogens (tertiary/aromatic N) is 1. The molecule has 1 aliphatic heterocycles. The molecule has 0 aromatic heterocycles. The SMILES string of the molecule is CC1(C)ON=C(Cc2ccccc2)C1=S. The van der Waals surface area contributed by atoms with Gasteiger partial charge in [-0.05, 0) is 19.4 Å². The molecule has 3 heteroatoms. The summed E-state index contributed by atoms with van der Waals surface area (Å²) in [5, 5.41) is 4.04. The lowest BCUT2D eigenvalue weighted by Gasteiger charge is -2.14. The normalized spacial score (nSPS) is 18.5. The molecule has 0 amide bonds. The number of hydrogen-bond donors (Lipinski definition) is 0. The van der Waals surface area contributed by atoms with Gasteiger partial charge in [-0.1, -0.05) is 47.7 Å². The van der Waals surface area contributed by atoms with Gasteiger partial charge in [0, 0.05) is 6.42 Å². The van der Waals surface area contributed by atoms with Gasteiger partial charge in [0.05, 0.1) is 4.86 Å². The molecule has 0 fully saturated rings. The van der Waals surface area contributed by atoms with Crippen LogP contribution in [0, 0.1) is 0 Å². The Morgan fingerprint density at radius 3 is 2.47 bits per heavy atom. The average molecular weight is 219 g/mol. The highest BCUT2D eigenvalue weighted by atomic mass is 32.1. The smallest absolute Gasteiger partial charge is 0.168 e. The van der Waals surface area contributed by atoms with Crippen LogP contribution in [0.5, 0.6) is 0 Å². The van der Waals surface area contributed by atoms with Gasteiger partial charge in [-0.25, -0.2) is 0 Å². The Balaban J connectivity index is 2.13. The number of thiocarbonyl (C=S) groups is 1. The van der Waals surface area contributed by atoms with Crippen molar-refractivity contribution < 1.29 is 4.84 Å². The van der Waals surface area contributed by atoms with Gasteiger partial charge >= 0.3 is 0 Å². The molecule has 0 bridgehead atoms. The van der Waals surface area contributed by atoms with E-state index in [-0.39, 0.29) is 0 Å². The van der Waals surface area contributed by atoms with Crippen molar-refractivity contribution in [2.45, 2.75) is 25.9 Å². The number of rotatable bonds is 2. The number of oxime groups is 1. The highest BCUT2D eigenvalue weighted by molar-refractivity contribution is 7.82. The zero-order valence-electron chi connectivity index (χ0n) is 8.86. The van der Waals surface area contributed by atoms with Gasteiger partial charge in [0.1, 0.15) is 5.71 Å². The van der Waals surface area contributed by atoms with Gasteiger partial charge in [-0.15, -0.1) is 0 Å². The summed E-state index contributed by atoms with van der Waals surface area (Å²) >= 11 is 5.32. The molecule has 1 aromatic rings. The first-order valence-corrected chi connectivity index (χ1v) is 5.34. The highest BCUT2D eigenvalue weighted by Crippen LogP contribution is 2.22. The molecular weight excluding hydrogens is 206 g/mol. The third-order valence-electron chi connectivity index (χ3n) is 2.41. The maximum atomic E-state index is 5.32. The topological polar surface area (TPSA) is 21.6 Å². The Morgan fingerprint density at radius 1 is 1.27 bits per heavy atom. The van der Waals surface area contributed by atoms with Crippen molar-refractivity contribution in [1.82, 2.24) is 0 Å². The van der Waals surface area contributed by atoms with Crippen LogP contribution in [-0.2, 0) is 11.3 Å². The Morgan fingerprint density at radius 2 is 1.93 bits per heavy atom. The van der Waals surface area contributed by atoms with Crippen LogP contribution >= 0.6 is 12.2 Å². The first-order valence-electron chi connectivity index (χ1n) is 4.93. The summed E-state index contributed by atoms with van der Waals surface area (Å²) in [5.41, 5.74) is 1.67. The summed E-state index contributed by atoms with van der Waals surface area (Å²) in [6, 6.07) is 10.2. The molecule has 0 saturated carbocycles. The van der Waals surface area contributed by atoms with E-state index < -0.39 is 5.60 Å². The summed E-state index contributed by atoms with van der Waals surface area (Å²) in [6.07, 6.45) is 0.753. The van der Waals surface area contributed by atoms with Gasteiger partial charge in [0.15, 0.2) is 5.60 Å². The lowest BCUT2D eigenvalue weighted by Crippen LogP contribution is -2.31. The van der Waals surface area contributed by atoms with Crippen molar-refractivity contribution in [2.75, 3.05) is 0 Å². The molecule has 1 aliphatic rings. The fraction of sp³-hybridized carbons (Fsp3) is 0.333. The quantitative estimate of drug-likeness (QED) is 0.713. The lowest BCUT2D eigenvalue weighted by atomic mass is 9.98. The number of hydrogen-bond acceptors (Lipinski definition) is 3. The van der Waals surface area contributed by atoms with Gasteiger partial charge in [0.2, 0.25) is 0 Å². The molecule has 0 saturated heterocycles. The van der Waals surface area contributed by atoms with Crippen molar-refractivity contribution in [2.24, 2.45) is 5.16 Å². The summed E-state index contributed by atoms with van der Waals surface area (Å²) in [6.45, 7) is 3.88. The molecule has 0 radical (unpaired) electrons. The van der Waals surface area contributed by atoms with E-state index in [0.717, 1.165) is 17.0 Å². The van der Waals surface area contributed by atoms with E-state index in [9.17, 15) is 0 Å². The predicted molar refractivity (Wildman–Crippen MR) is 65.3 cm³/mol. The van der Waals surface area contributed by atoms with Gasteiger partial charge in [0.25, 0.3) is 0 Å². The molecule has 15 heavy (non-hydrogen) atoms. The summed E-state index contributed by atoms with van der Waals surface area (Å²) in [4.78, 5) is 6.10. The molecule has 0 spiro atoms. The first-order chi connectivity index (χ1) is 7.09. The van der Waals surface area contributed by atoms with E-state index in [2.05, 4.69) is 17.3 Å². The molecule has 0 atom stereocenters. The van der Waals surface area contributed by atoms with Crippen LogP contribution in [0.15, 0.2) is 35.5 Å². The van der Waals surface area contributed by atoms with E-state index in [1.807, 2.05) is 32.0 Å². The Kier molecular flexibility index (Phi) is 2.57. The minimum absolute atomic E-state index is 0.417. The van der Waals surface area contributed by atoms with Crippen molar-refractivity contribution in [3.8, 4) is 0 Å². The highest BCUT2D eigenvalue weighted by Gasteiger charge is 2.35. The van der Waals surface area contributed by atoms with Crippen LogP contribution < -0.4 is 0 Å². The molecule has 78 valence electrons. The van der Waals surface area contributed by atoms with Crippen LogP contribution in [-0.4, -0.2) is 16.2 Å². The van der Waals surface area contributed by atoms with Crippen LogP contribution in [0.25, 0.3) is 0 Å². The largest absolute Gasteiger partial charge is 0.384 e. The molecule has 2 nitrogen and oxygen atoms in total. The van der Waals surface area contributed by atoms with Crippen LogP contribution in [0.4, 0.5) is 0 Å². The monoisotopic (exact) mass is 219 g/mol. The molecule has 0 N–H and O–H groups in total. The van der Waals surface area contributed by atoms with E-state index in [0.29, 0.717) is 0 Å².